The first-order valence-electron chi connectivity index (χ1n) is 4.58. The summed E-state index contributed by atoms with van der Waals surface area (Å²) in [6.45, 7) is 1.91. The number of rotatable bonds is 4. The van der Waals surface area contributed by atoms with Crippen molar-refractivity contribution in [1.29, 1.82) is 5.26 Å². The number of carbonyl (C=O) groups is 1. The van der Waals surface area contributed by atoms with Crippen molar-refractivity contribution in [1.82, 2.24) is 9.55 Å². The van der Waals surface area contributed by atoms with Crippen LogP contribution in [0.1, 0.15) is 30.3 Å². The van der Waals surface area contributed by atoms with Crippen molar-refractivity contribution in [3.8, 4) is 6.07 Å². The van der Waals surface area contributed by atoms with Gasteiger partial charge in [0, 0.05) is 19.4 Å². The molecular formula is C10H13N3O. The van der Waals surface area contributed by atoms with Crippen LogP contribution >= 0.6 is 0 Å². The number of hydrogen-bond acceptors (Lipinski definition) is 3. The van der Waals surface area contributed by atoms with Crippen LogP contribution in [0.15, 0.2) is 12.5 Å². The molecule has 0 aromatic carbocycles. The largest absolute Gasteiger partial charge is 0.331 e. The number of nitrogens with zero attached hydrogens (tertiary/aromatic N) is 3. The summed E-state index contributed by atoms with van der Waals surface area (Å²) in [5.74, 6) is -0.190. The minimum Gasteiger partial charge on any atom is -0.331 e. The highest BCUT2D eigenvalue weighted by atomic mass is 16.1. The summed E-state index contributed by atoms with van der Waals surface area (Å²) in [4.78, 5) is 15.7. The van der Waals surface area contributed by atoms with Crippen LogP contribution in [0.25, 0.3) is 0 Å². The molecule has 1 aromatic heterocycles. The Morgan fingerprint density at radius 1 is 1.79 bits per heavy atom. The van der Waals surface area contributed by atoms with Gasteiger partial charge in [-0.05, 0) is 6.42 Å². The van der Waals surface area contributed by atoms with E-state index in [1.807, 2.05) is 13.0 Å². The Hall–Kier alpha value is -1.63. The Morgan fingerprint density at radius 2 is 2.50 bits per heavy atom. The second-order valence-electron chi connectivity index (χ2n) is 3.22. The van der Waals surface area contributed by atoms with Gasteiger partial charge >= 0.3 is 0 Å². The molecule has 0 amide bonds. The molecular weight excluding hydrogens is 178 g/mol. The molecule has 0 radical (unpaired) electrons. The zero-order chi connectivity index (χ0) is 10.6. The van der Waals surface area contributed by atoms with Crippen LogP contribution in [0.4, 0.5) is 0 Å². The van der Waals surface area contributed by atoms with Gasteiger partial charge in [0.25, 0.3) is 0 Å². The SMILES string of the molecule is CCC(CC#N)C(=O)c1cncn1C. The van der Waals surface area contributed by atoms with Crippen molar-refractivity contribution >= 4 is 5.78 Å². The van der Waals surface area contributed by atoms with Crippen LogP contribution in [-0.4, -0.2) is 15.3 Å². The van der Waals surface area contributed by atoms with E-state index >= 15 is 0 Å². The third-order valence-corrected chi connectivity index (χ3v) is 2.27. The molecule has 0 aliphatic heterocycles. The second-order valence-corrected chi connectivity index (χ2v) is 3.22. The summed E-state index contributed by atoms with van der Waals surface area (Å²) in [7, 11) is 1.78. The van der Waals surface area contributed by atoms with Gasteiger partial charge in [-0.25, -0.2) is 4.98 Å². The molecule has 0 aliphatic rings. The number of Topliss-reactive ketones (excluding diaryl/α,β-unsaturated/α-hetero) is 1. The predicted octanol–water partition coefficient (Wildman–Crippen LogP) is 1.54. The molecule has 0 bridgehead atoms. The fourth-order valence-electron chi connectivity index (χ4n) is 1.34. The van der Waals surface area contributed by atoms with Crippen molar-refractivity contribution < 1.29 is 4.79 Å². The first kappa shape index (κ1) is 10.5. The maximum absolute atomic E-state index is 11.8. The quantitative estimate of drug-likeness (QED) is 0.678. The summed E-state index contributed by atoms with van der Waals surface area (Å²) < 4.78 is 1.68. The van der Waals surface area contributed by atoms with Gasteiger partial charge in [0.2, 0.25) is 0 Å². The third kappa shape index (κ3) is 1.99. The number of nitriles is 1. The monoisotopic (exact) mass is 191 g/mol. The van der Waals surface area contributed by atoms with Gasteiger partial charge in [-0.15, -0.1) is 0 Å². The minimum absolute atomic E-state index is 0.00838. The van der Waals surface area contributed by atoms with E-state index in [0.717, 1.165) is 0 Å². The number of aromatic nitrogens is 2. The lowest BCUT2D eigenvalue weighted by Crippen LogP contribution is -2.16. The van der Waals surface area contributed by atoms with Crippen LogP contribution in [-0.2, 0) is 7.05 Å². The van der Waals surface area contributed by atoms with Crippen molar-refractivity contribution in [2.24, 2.45) is 13.0 Å². The lowest BCUT2D eigenvalue weighted by Gasteiger charge is -2.09. The first-order valence-corrected chi connectivity index (χ1v) is 4.58. The molecule has 0 fully saturated rings. The van der Waals surface area contributed by atoms with Crippen LogP contribution in [0.3, 0.4) is 0 Å². The van der Waals surface area contributed by atoms with E-state index < -0.39 is 0 Å². The number of imidazole rings is 1. The topological polar surface area (TPSA) is 58.7 Å². The average molecular weight is 191 g/mol. The highest BCUT2D eigenvalue weighted by Gasteiger charge is 2.20. The number of carbonyl (C=O) groups excluding carboxylic acids is 1. The Morgan fingerprint density at radius 3 is 2.93 bits per heavy atom. The highest BCUT2D eigenvalue weighted by molar-refractivity contribution is 5.96. The maximum atomic E-state index is 11.8. The van der Waals surface area contributed by atoms with Gasteiger partial charge in [-0.3, -0.25) is 4.79 Å². The van der Waals surface area contributed by atoms with Gasteiger partial charge in [-0.2, -0.15) is 5.26 Å². The van der Waals surface area contributed by atoms with Crippen LogP contribution in [0, 0.1) is 17.2 Å². The van der Waals surface area contributed by atoms with E-state index in [4.69, 9.17) is 5.26 Å². The van der Waals surface area contributed by atoms with Crippen LogP contribution < -0.4 is 0 Å². The smallest absolute Gasteiger partial charge is 0.184 e. The van der Waals surface area contributed by atoms with Gasteiger partial charge in [0.15, 0.2) is 5.78 Å². The Bertz CT molecular complexity index is 362. The number of ketones is 1. The summed E-state index contributed by atoms with van der Waals surface area (Å²) >= 11 is 0. The van der Waals surface area contributed by atoms with Gasteiger partial charge < -0.3 is 4.57 Å². The standard InChI is InChI=1S/C10H13N3O/c1-3-8(4-5-11)10(14)9-6-12-7-13(9)2/h6-8H,3-4H2,1-2H3. The molecule has 4 nitrogen and oxygen atoms in total. The molecule has 1 heterocycles. The highest BCUT2D eigenvalue weighted by Crippen LogP contribution is 2.14. The zero-order valence-corrected chi connectivity index (χ0v) is 8.40. The average Bonchev–Trinajstić information content (AvgIpc) is 2.59. The lowest BCUT2D eigenvalue weighted by atomic mass is 9.96. The summed E-state index contributed by atoms with van der Waals surface area (Å²) in [5.41, 5.74) is 0.576. The van der Waals surface area contributed by atoms with E-state index in [1.54, 1.807) is 24.1 Å². The minimum atomic E-state index is -0.199. The van der Waals surface area contributed by atoms with Gasteiger partial charge in [0.05, 0.1) is 18.6 Å². The summed E-state index contributed by atoms with van der Waals surface area (Å²) in [6, 6.07) is 2.03. The fraction of sp³-hybridized carbons (Fsp3) is 0.500. The van der Waals surface area contributed by atoms with E-state index in [2.05, 4.69) is 4.98 Å². The normalized spacial score (nSPS) is 12.1. The molecule has 1 aromatic rings. The van der Waals surface area contributed by atoms with Crippen molar-refractivity contribution in [3.63, 3.8) is 0 Å². The first-order chi connectivity index (χ1) is 6.70. The molecule has 1 atom stereocenters. The molecule has 0 aliphatic carbocycles. The van der Waals surface area contributed by atoms with Crippen molar-refractivity contribution in [2.45, 2.75) is 19.8 Å². The zero-order valence-electron chi connectivity index (χ0n) is 8.40. The van der Waals surface area contributed by atoms with Gasteiger partial charge in [-0.1, -0.05) is 6.92 Å². The number of hydrogen-bond donors (Lipinski definition) is 0. The number of aryl methyl sites for hydroxylation is 1. The summed E-state index contributed by atoms with van der Waals surface area (Å²) in [6.07, 6.45) is 4.10. The van der Waals surface area contributed by atoms with E-state index in [-0.39, 0.29) is 18.1 Å². The molecule has 0 N–H and O–H groups in total. The Balaban J connectivity index is 2.84. The van der Waals surface area contributed by atoms with Crippen molar-refractivity contribution in [3.05, 3.63) is 18.2 Å². The van der Waals surface area contributed by atoms with Gasteiger partial charge in [0.1, 0.15) is 5.69 Å². The van der Waals surface area contributed by atoms with Crippen molar-refractivity contribution in [2.75, 3.05) is 0 Å². The van der Waals surface area contributed by atoms with E-state index in [9.17, 15) is 4.79 Å². The van der Waals surface area contributed by atoms with Crippen LogP contribution in [0.2, 0.25) is 0 Å². The Kier molecular flexibility index (Phi) is 3.41. The molecule has 4 heteroatoms. The molecule has 1 unspecified atom stereocenters. The van der Waals surface area contributed by atoms with E-state index in [1.165, 1.54) is 0 Å². The maximum Gasteiger partial charge on any atom is 0.184 e. The lowest BCUT2D eigenvalue weighted by molar-refractivity contribution is 0.0910. The Labute approximate surface area is 83.2 Å². The molecule has 14 heavy (non-hydrogen) atoms. The third-order valence-electron chi connectivity index (χ3n) is 2.27. The summed E-state index contributed by atoms with van der Waals surface area (Å²) in [5, 5.41) is 8.56. The van der Waals surface area contributed by atoms with Crippen LogP contribution in [0.5, 0.6) is 0 Å². The van der Waals surface area contributed by atoms with E-state index in [0.29, 0.717) is 12.1 Å². The molecule has 1 rings (SSSR count). The second kappa shape index (κ2) is 4.56. The molecule has 0 spiro atoms. The predicted molar refractivity (Wildman–Crippen MR) is 51.5 cm³/mol. The molecule has 0 saturated carbocycles. The molecule has 74 valence electrons. The molecule has 0 saturated heterocycles. The fourth-order valence-corrected chi connectivity index (χ4v) is 1.34.